The third-order valence-electron chi connectivity index (χ3n) is 9.17. The van der Waals surface area contributed by atoms with E-state index >= 15 is 0 Å². The molecule has 3 amide bonds. The summed E-state index contributed by atoms with van der Waals surface area (Å²) < 4.78 is 12.7. The lowest BCUT2D eigenvalue weighted by atomic mass is 9.88. The summed E-state index contributed by atoms with van der Waals surface area (Å²) in [5, 5.41) is 13.3. The number of aliphatic hydroxyl groups is 1. The first-order valence-corrected chi connectivity index (χ1v) is 17.0. The summed E-state index contributed by atoms with van der Waals surface area (Å²) in [6.07, 6.45) is 8.43. The second kappa shape index (κ2) is 18.5. The Kier molecular flexibility index (Phi) is 15.1. The molecule has 4 atom stereocenters. The zero-order chi connectivity index (χ0) is 32.9. The van der Waals surface area contributed by atoms with Crippen LogP contribution in [0.25, 0.3) is 0 Å². The number of ether oxygens (including phenoxy) is 2. The molecule has 45 heavy (non-hydrogen) atoms. The van der Waals surface area contributed by atoms with Gasteiger partial charge in [-0.15, -0.1) is 0 Å². The van der Waals surface area contributed by atoms with Gasteiger partial charge in [-0.25, -0.2) is 0 Å². The Balaban J connectivity index is 1.87. The van der Waals surface area contributed by atoms with Crippen LogP contribution in [-0.2, 0) is 14.3 Å². The topological polar surface area (TPSA) is 112 Å². The molecule has 0 spiro atoms. The quantitative estimate of drug-likeness (QED) is 0.382. The molecule has 254 valence electrons. The second-order valence-electron chi connectivity index (χ2n) is 13.5. The summed E-state index contributed by atoms with van der Waals surface area (Å²) in [5.74, 6) is 0.127. The summed E-state index contributed by atoms with van der Waals surface area (Å²) in [5.41, 5.74) is 0.925. The maximum atomic E-state index is 14.3. The molecule has 1 aromatic rings. The van der Waals surface area contributed by atoms with Crippen molar-refractivity contribution in [2.75, 3.05) is 59.3 Å². The van der Waals surface area contributed by atoms with Crippen LogP contribution < -0.4 is 10.1 Å². The van der Waals surface area contributed by atoms with Crippen molar-refractivity contribution in [1.29, 1.82) is 0 Å². The molecule has 0 unspecified atom stereocenters. The largest absolute Gasteiger partial charge is 0.490 e. The second-order valence-corrected chi connectivity index (χ2v) is 13.5. The Morgan fingerprint density at radius 3 is 2.47 bits per heavy atom. The number of aliphatic hydroxyl groups excluding tert-OH is 1. The highest BCUT2D eigenvalue weighted by atomic mass is 16.5. The summed E-state index contributed by atoms with van der Waals surface area (Å²) in [6.45, 7) is 7.78. The molecule has 2 aliphatic rings. The summed E-state index contributed by atoms with van der Waals surface area (Å²) in [7, 11) is 5.81. The summed E-state index contributed by atoms with van der Waals surface area (Å²) >= 11 is 0. The highest BCUT2D eigenvalue weighted by molar-refractivity contribution is 6.00. The Bertz CT molecular complexity index is 1090. The fourth-order valence-corrected chi connectivity index (χ4v) is 6.18. The molecule has 10 nitrogen and oxygen atoms in total. The lowest BCUT2D eigenvalue weighted by molar-refractivity contribution is -0.132. The van der Waals surface area contributed by atoms with Crippen molar-refractivity contribution in [3.8, 4) is 5.75 Å². The van der Waals surface area contributed by atoms with E-state index in [1.165, 1.54) is 6.42 Å². The highest BCUT2D eigenvalue weighted by Crippen LogP contribution is 2.30. The van der Waals surface area contributed by atoms with Crippen molar-refractivity contribution in [3.05, 3.63) is 23.8 Å². The minimum Gasteiger partial charge on any atom is -0.490 e. The van der Waals surface area contributed by atoms with E-state index in [4.69, 9.17) is 9.47 Å². The van der Waals surface area contributed by atoms with Crippen LogP contribution in [0, 0.1) is 11.8 Å². The number of benzene rings is 1. The van der Waals surface area contributed by atoms with Gasteiger partial charge in [0, 0.05) is 50.7 Å². The Morgan fingerprint density at radius 1 is 1.07 bits per heavy atom. The molecule has 0 saturated heterocycles. The number of anilines is 1. The van der Waals surface area contributed by atoms with Crippen LogP contribution in [0.5, 0.6) is 5.75 Å². The molecule has 0 bridgehead atoms. The molecule has 0 radical (unpaired) electrons. The first-order chi connectivity index (χ1) is 21.5. The van der Waals surface area contributed by atoms with Crippen LogP contribution in [-0.4, -0.2) is 110 Å². The average molecular weight is 631 g/mol. The van der Waals surface area contributed by atoms with Crippen molar-refractivity contribution in [2.24, 2.45) is 11.8 Å². The Hall–Kier alpha value is -2.69. The number of rotatable bonds is 10. The third kappa shape index (κ3) is 11.6. The molecular weight excluding hydrogens is 572 g/mol. The van der Waals surface area contributed by atoms with Gasteiger partial charge in [-0.2, -0.15) is 0 Å². The molecule has 2 N–H and O–H groups in total. The van der Waals surface area contributed by atoms with E-state index in [0.717, 1.165) is 57.9 Å². The monoisotopic (exact) mass is 630 g/mol. The molecule has 1 heterocycles. The number of amides is 3. The van der Waals surface area contributed by atoms with Gasteiger partial charge in [0.25, 0.3) is 5.91 Å². The third-order valence-corrected chi connectivity index (χ3v) is 9.17. The van der Waals surface area contributed by atoms with Gasteiger partial charge in [0.15, 0.2) is 0 Å². The zero-order valence-corrected chi connectivity index (χ0v) is 28.6. The number of carbonyl (C=O) groups is 3. The van der Waals surface area contributed by atoms with Crippen LogP contribution in [0.2, 0.25) is 0 Å². The van der Waals surface area contributed by atoms with Crippen LogP contribution in [0.3, 0.4) is 0 Å². The van der Waals surface area contributed by atoms with Crippen molar-refractivity contribution >= 4 is 23.4 Å². The Labute approximate surface area is 270 Å². The smallest absolute Gasteiger partial charge is 0.258 e. The number of hydrogen-bond donors (Lipinski definition) is 2. The van der Waals surface area contributed by atoms with Gasteiger partial charge in [-0.3, -0.25) is 14.4 Å². The van der Waals surface area contributed by atoms with Crippen molar-refractivity contribution in [1.82, 2.24) is 14.7 Å². The van der Waals surface area contributed by atoms with Crippen LogP contribution in [0.4, 0.5) is 5.69 Å². The normalized spacial score (nSPS) is 23.1. The number of fused-ring (bicyclic) bond motifs is 1. The number of nitrogens with one attached hydrogen (secondary N) is 1. The van der Waals surface area contributed by atoms with E-state index in [-0.39, 0.29) is 48.4 Å². The fraction of sp³-hybridized carbons (Fsp3) is 0.743. The van der Waals surface area contributed by atoms with Gasteiger partial charge < -0.3 is 34.6 Å². The molecule has 10 heteroatoms. The first kappa shape index (κ1) is 36.8. The predicted molar refractivity (Wildman–Crippen MR) is 178 cm³/mol. The Morgan fingerprint density at radius 2 is 1.78 bits per heavy atom. The standard InChI is InChI=1S/C35H58N4O6/c1-25-22-39(26(2)24-40)35(43)30-21-29(36-34(42)28-14-8-7-9-15-28)17-18-31(30)45-27(3)13-10-11-20-44-32(25)23-38(6)33(41)16-12-19-37(4)5/h17-18,21,25-28,32,40H,7-16,19-20,22-24H2,1-6H3,(H,36,42)/t25-,26-,27-,32-/m1/s1. The maximum absolute atomic E-state index is 14.3. The van der Waals surface area contributed by atoms with Gasteiger partial charge in [0.05, 0.1) is 30.4 Å². The van der Waals surface area contributed by atoms with Crippen molar-refractivity contribution in [2.45, 2.75) is 103 Å². The summed E-state index contributed by atoms with van der Waals surface area (Å²) in [6, 6.07) is 4.83. The van der Waals surface area contributed by atoms with E-state index in [0.29, 0.717) is 43.1 Å². The van der Waals surface area contributed by atoms with E-state index in [1.54, 1.807) is 28.0 Å². The molecule has 1 aliphatic heterocycles. The number of likely N-dealkylation sites (N-methyl/N-ethyl adjacent to an activating group) is 1. The molecule has 1 fully saturated rings. The van der Waals surface area contributed by atoms with E-state index < -0.39 is 6.04 Å². The fourth-order valence-electron chi connectivity index (χ4n) is 6.18. The van der Waals surface area contributed by atoms with E-state index in [9.17, 15) is 19.5 Å². The van der Waals surface area contributed by atoms with Gasteiger partial charge >= 0.3 is 0 Å². The average Bonchev–Trinajstić information content (AvgIpc) is 3.02. The minimum absolute atomic E-state index is 0.00754. The molecule has 1 aromatic carbocycles. The van der Waals surface area contributed by atoms with E-state index in [2.05, 4.69) is 10.2 Å². The van der Waals surface area contributed by atoms with Gasteiger partial charge in [-0.1, -0.05) is 26.2 Å². The maximum Gasteiger partial charge on any atom is 0.258 e. The van der Waals surface area contributed by atoms with Crippen LogP contribution in [0.15, 0.2) is 18.2 Å². The lowest BCUT2D eigenvalue weighted by Gasteiger charge is -2.36. The van der Waals surface area contributed by atoms with E-state index in [1.807, 2.05) is 41.9 Å². The lowest BCUT2D eigenvalue weighted by Crippen LogP contribution is -2.48. The minimum atomic E-state index is -0.468. The van der Waals surface area contributed by atoms with Crippen molar-refractivity contribution < 1.29 is 29.0 Å². The van der Waals surface area contributed by atoms with Gasteiger partial charge in [-0.05, 0) is 91.2 Å². The molecule has 1 aliphatic carbocycles. The number of nitrogens with zero attached hydrogens (tertiary/aromatic N) is 3. The number of carbonyl (C=O) groups excluding carboxylic acids is 3. The predicted octanol–water partition coefficient (Wildman–Crippen LogP) is 4.80. The first-order valence-electron chi connectivity index (χ1n) is 17.0. The molecule has 0 aromatic heterocycles. The highest BCUT2D eigenvalue weighted by Gasteiger charge is 2.31. The summed E-state index contributed by atoms with van der Waals surface area (Å²) in [4.78, 5) is 45.8. The molecule has 3 rings (SSSR count). The molecular formula is C35H58N4O6. The van der Waals surface area contributed by atoms with Crippen molar-refractivity contribution in [3.63, 3.8) is 0 Å². The van der Waals surface area contributed by atoms with Gasteiger partial charge in [0.2, 0.25) is 11.8 Å². The SMILES string of the molecule is C[C@@H]1CCCCO[C@H](CN(C)C(=O)CCCN(C)C)[C@H](C)CN([C@H](C)CO)C(=O)c2cc(NC(=O)C3CCCCC3)ccc2O1. The van der Waals surface area contributed by atoms with Crippen LogP contribution in [0.1, 0.15) is 95.3 Å². The van der Waals surface area contributed by atoms with Gasteiger partial charge in [0.1, 0.15) is 5.75 Å². The zero-order valence-electron chi connectivity index (χ0n) is 28.6. The van der Waals surface area contributed by atoms with Crippen LogP contribution >= 0.6 is 0 Å². The molecule has 1 saturated carbocycles. The number of hydrogen-bond acceptors (Lipinski definition) is 7.